The zero-order chi connectivity index (χ0) is 15.2. The van der Waals surface area contributed by atoms with Gasteiger partial charge in [0.1, 0.15) is 11.6 Å². The number of ether oxygens (including phenoxy) is 2. The molecule has 0 saturated carbocycles. The Morgan fingerprint density at radius 3 is 2.48 bits per heavy atom. The minimum absolute atomic E-state index is 0.0186. The molecule has 0 saturated heterocycles. The van der Waals surface area contributed by atoms with Gasteiger partial charge in [-0.15, -0.1) is 0 Å². The maximum absolute atomic E-state index is 13.5. The van der Waals surface area contributed by atoms with E-state index in [0.717, 1.165) is 5.56 Å². The van der Waals surface area contributed by atoms with E-state index in [9.17, 15) is 4.39 Å². The fourth-order valence-electron chi connectivity index (χ4n) is 2.03. The summed E-state index contributed by atoms with van der Waals surface area (Å²) in [6, 6.07) is 12.0. The van der Waals surface area contributed by atoms with Crippen molar-refractivity contribution >= 4 is 0 Å². The van der Waals surface area contributed by atoms with E-state index in [4.69, 9.17) is 9.47 Å². The predicted molar refractivity (Wildman–Crippen MR) is 81.6 cm³/mol. The van der Waals surface area contributed by atoms with Gasteiger partial charge >= 0.3 is 0 Å². The Balaban J connectivity index is 2.35. The molecule has 2 aromatic carbocycles. The van der Waals surface area contributed by atoms with Crippen LogP contribution in [0.1, 0.15) is 25.5 Å². The van der Waals surface area contributed by atoms with Gasteiger partial charge in [0.15, 0.2) is 11.5 Å². The van der Waals surface area contributed by atoms with Gasteiger partial charge in [-0.2, -0.15) is 0 Å². The van der Waals surface area contributed by atoms with Crippen molar-refractivity contribution in [1.82, 2.24) is 5.32 Å². The molecule has 112 valence electrons. The molecule has 4 heteroatoms. The number of rotatable bonds is 6. The summed E-state index contributed by atoms with van der Waals surface area (Å²) in [6.07, 6.45) is 0. The maximum atomic E-state index is 13.5. The van der Waals surface area contributed by atoms with Crippen LogP contribution in [-0.4, -0.2) is 13.7 Å². The second-order valence-corrected chi connectivity index (χ2v) is 4.67. The molecule has 0 radical (unpaired) electrons. The minimum Gasteiger partial charge on any atom is -0.490 e. The Morgan fingerprint density at radius 2 is 1.81 bits per heavy atom. The summed E-state index contributed by atoms with van der Waals surface area (Å²) in [5.74, 6) is 1.63. The van der Waals surface area contributed by atoms with Gasteiger partial charge in [0, 0.05) is 11.6 Å². The standard InChI is InChI=1S/C17H20FNO2/c1-4-20-16-7-5-6-8-17(16)21-15-10-9-13(18)11-14(15)12(2)19-3/h5-12,19H,4H2,1-3H3. The van der Waals surface area contributed by atoms with Crippen molar-refractivity contribution in [2.45, 2.75) is 19.9 Å². The first-order chi connectivity index (χ1) is 10.2. The molecule has 21 heavy (non-hydrogen) atoms. The molecule has 1 unspecified atom stereocenters. The van der Waals surface area contributed by atoms with Gasteiger partial charge < -0.3 is 14.8 Å². The van der Waals surface area contributed by atoms with Crippen LogP contribution in [0.3, 0.4) is 0 Å². The van der Waals surface area contributed by atoms with Crippen LogP contribution in [-0.2, 0) is 0 Å². The van der Waals surface area contributed by atoms with E-state index in [0.29, 0.717) is 23.9 Å². The third kappa shape index (κ3) is 3.73. The monoisotopic (exact) mass is 289 g/mol. The zero-order valence-corrected chi connectivity index (χ0v) is 12.5. The van der Waals surface area contributed by atoms with Crippen molar-refractivity contribution in [2.75, 3.05) is 13.7 Å². The van der Waals surface area contributed by atoms with Crippen LogP contribution < -0.4 is 14.8 Å². The van der Waals surface area contributed by atoms with Crippen LogP contribution >= 0.6 is 0 Å². The predicted octanol–water partition coefficient (Wildman–Crippen LogP) is 4.30. The largest absolute Gasteiger partial charge is 0.490 e. The van der Waals surface area contributed by atoms with Crippen molar-refractivity contribution < 1.29 is 13.9 Å². The highest BCUT2D eigenvalue weighted by molar-refractivity contribution is 5.45. The lowest BCUT2D eigenvalue weighted by Crippen LogP contribution is -2.13. The van der Waals surface area contributed by atoms with Crippen molar-refractivity contribution in [2.24, 2.45) is 0 Å². The first-order valence-electron chi connectivity index (χ1n) is 7.02. The number of para-hydroxylation sites is 2. The summed E-state index contributed by atoms with van der Waals surface area (Å²) >= 11 is 0. The van der Waals surface area contributed by atoms with E-state index >= 15 is 0 Å². The topological polar surface area (TPSA) is 30.5 Å². The molecule has 2 aromatic rings. The van der Waals surface area contributed by atoms with Crippen molar-refractivity contribution in [3.8, 4) is 17.2 Å². The lowest BCUT2D eigenvalue weighted by molar-refractivity contribution is 0.320. The summed E-state index contributed by atoms with van der Waals surface area (Å²) in [5.41, 5.74) is 0.767. The SMILES string of the molecule is CCOc1ccccc1Oc1ccc(F)cc1C(C)NC. The van der Waals surface area contributed by atoms with Crippen LogP contribution in [0.15, 0.2) is 42.5 Å². The summed E-state index contributed by atoms with van der Waals surface area (Å²) in [4.78, 5) is 0. The fourth-order valence-corrected chi connectivity index (χ4v) is 2.03. The normalized spacial score (nSPS) is 12.0. The van der Waals surface area contributed by atoms with E-state index in [1.165, 1.54) is 12.1 Å². The Morgan fingerprint density at radius 1 is 1.10 bits per heavy atom. The molecule has 0 aliphatic carbocycles. The zero-order valence-electron chi connectivity index (χ0n) is 12.5. The van der Waals surface area contributed by atoms with Gasteiger partial charge in [0.05, 0.1) is 6.61 Å². The van der Waals surface area contributed by atoms with Gasteiger partial charge in [0.2, 0.25) is 0 Å². The van der Waals surface area contributed by atoms with E-state index in [-0.39, 0.29) is 11.9 Å². The van der Waals surface area contributed by atoms with Gasteiger partial charge in [-0.1, -0.05) is 12.1 Å². The molecule has 0 heterocycles. The molecule has 1 atom stereocenters. The first kappa shape index (κ1) is 15.3. The van der Waals surface area contributed by atoms with Crippen LogP contribution in [0, 0.1) is 5.82 Å². The molecule has 1 N–H and O–H groups in total. The van der Waals surface area contributed by atoms with Gasteiger partial charge in [0.25, 0.3) is 0 Å². The van der Waals surface area contributed by atoms with Crippen LogP contribution in [0.2, 0.25) is 0 Å². The van der Waals surface area contributed by atoms with Crippen LogP contribution in [0.25, 0.3) is 0 Å². The Bertz CT molecular complexity index is 601. The number of halogens is 1. The third-order valence-electron chi connectivity index (χ3n) is 3.24. The Labute approximate surface area is 124 Å². The minimum atomic E-state index is -0.280. The summed E-state index contributed by atoms with van der Waals surface area (Å²) in [5, 5.41) is 3.10. The molecular formula is C17H20FNO2. The Kier molecular flexibility index (Phi) is 5.17. The number of hydrogen-bond donors (Lipinski definition) is 1. The van der Waals surface area contributed by atoms with E-state index in [2.05, 4.69) is 5.32 Å². The molecule has 0 amide bonds. The molecule has 0 spiro atoms. The molecular weight excluding hydrogens is 269 g/mol. The van der Waals surface area contributed by atoms with Crippen molar-refractivity contribution in [1.29, 1.82) is 0 Å². The lowest BCUT2D eigenvalue weighted by Gasteiger charge is -2.18. The highest BCUT2D eigenvalue weighted by atomic mass is 19.1. The van der Waals surface area contributed by atoms with E-state index in [1.807, 2.05) is 45.2 Å². The number of benzene rings is 2. The molecule has 2 rings (SSSR count). The van der Waals surface area contributed by atoms with E-state index < -0.39 is 0 Å². The second-order valence-electron chi connectivity index (χ2n) is 4.67. The molecule has 0 aromatic heterocycles. The van der Waals surface area contributed by atoms with Crippen LogP contribution in [0.5, 0.6) is 17.2 Å². The van der Waals surface area contributed by atoms with Gasteiger partial charge in [-0.05, 0) is 51.2 Å². The highest BCUT2D eigenvalue weighted by Crippen LogP contribution is 2.35. The molecule has 0 aliphatic rings. The average molecular weight is 289 g/mol. The summed E-state index contributed by atoms with van der Waals surface area (Å²) in [6.45, 7) is 4.43. The second kappa shape index (κ2) is 7.09. The molecule has 0 fully saturated rings. The smallest absolute Gasteiger partial charge is 0.169 e. The molecule has 0 bridgehead atoms. The van der Waals surface area contributed by atoms with Crippen LogP contribution in [0.4, 0.5) is 4.39 Å². The molecule has 0 aliphatic heterocycles. The highest BCUT2D eigenvalue weighted by Gasteiger charge is 2.14. The van der Waals surface area contributed by atoms with Gasteiger partial charge in [-0.25, -0.2) is 4.39 Å². The third-order valence-corrected chi connectivity index (χ3v) is 3.24. The van der Waals surface area contributed by atoms with E-state index in [1.54, 1.807) is 6.07 Å². The van der Waals surface area contributed by atoms with Gasteiger partial charge in [-0.3, -0.25) is 0 Å². The quantitative estimate of drug-likeness (QED) is 0.860. The molecule has 3 nitrogen and oxygen atoms in total. The maximum Gasteiger partial charge on any atom is 0.169 e. The lowest BCUT2D eigenvalue weighted by atomic mass is 10.1. The summed E-state index contributed by atoms with van der Waals surface area (Å²) < 4.78 is 25.0. The average Bonchev–Trinajstić information content (AvgIpc) is 2.50. The number of nitrogens with one attached hydrogen (secondary N) is 1. The van der Waals surface area contributed by atoms with Crippen molar-refractivity contribution in [3.05, 3.63) is 53.8 Å². The first-order valence-corrected chi connectivity index (χ1v) is 7.02. The fraction of sp³-hybridized carbons (Fsp3) is 0.294. The Hall–Kier alpha value is -2.07. The summed E-state index contributed by atoms with van der Waals surface area (Å²) in [7, 11) is 1.83. The number of hydrogen-bond acceptors (Lipinski definition) is 3. The van der Waals surface area contributed by atoms with Crippen molar-refractivity contribution in [3.63, 3.8) is 0 Å².